The van der Waals surface area contributed by atoms with Gasteiger partial charge in [0.1, 0.15) is 11.5 Å². The number of methoxy groups -OCH3 is 1. The lowest BCUT2D eigenvalue weighted by Gasteiger charge is -2.12. The molecule has 0 radical (unpaired) electrons. The normalized spacial score (nSPS) is 11.0. The van der Waals surface area contributed by atoms with Crippen LogP contribution in [0.2, 0.25) is 0 Å². The number of carbonyl (C=O) groups excluding carboxylic acids is 1. The second kappa shape index (κ2) is 10.3. The molecule has 30 heavy (non-hydrogen) atoms. The number of nitrogens with zero attached hydrogens (tertiary/aromatic N) is 3. The van der Waals surface area contributed by atoms with Crippen molar-refractivity contribution >= 4 is 17.5 Å². The average molecular weight is 426 g/mol. The number of hydrogen-bond acceptors (Lipinski definition) is 6. The minimum Gasteiger partial charge on any atom is -0.497 e. The predicted octanol–water partition coefficient (Wildman–Crippen LogP) is 4.98. The van der Waals surface area contributed by atoms with Gasteiger partial charge in [-0.05, 0) is 61.4 Å². The first-order chi connectivity index (χ1) is 14.5. The molecule has 0 spiro atoms. The fourth-order valence-electron chi connectivity index (χ4n) is 3.00. The van der Waals surface area contributed by atoms with Crippen LogP contribution in [0.25, 0.3) is 11.4 Å². The third-order valence-electron chi connectivity index (χ3n) is 4.43. The van der Waals surface area contributed by atoms with Gasteiger partial charge in [0.25, 0.3) is 0 Å². The van der Waals surface area contributed by atoms with Gasteiger partial charge < -0.3 is 14.0 Å². The summed E-state index contributed by atoms with van der Waals surface area (Å²) < 4.78 is 12.8. The summed E-state index contributed by atoms with van der Waals surface area (Å²) in [5.74, 6) is 3.12. The molecule has 0 atom stereocenters. The highest BCUT2D eigenvalue weighted by Gasteiger charge is 2.17. The van der Waals surface area contributed by atoms with Crippen LogP contribution < -0.4 is 9.47 Å². The standard InChI is InChI=1S/C23H27N3O3S/c1-5-29-20-12-6-17(7-13-20)21(27)15-30-23-25-24-22(26(23)14-16(2)3)18-8-10-19(28-4)11-9-18/h6-13,16H,5,14-15H2,1-4H3. The van der Waals surface area contributed by atoms with E-state index in [1.165, 1.54) is 11.8 Å². The van der Waals surface area contributed by atoms with Crippen molar-refractivity contribution in [3.05, 3.63) is 54.1 Å². The van der Waals surface area contributed by atoms with E-state index in [0.717, 1.165) is 34.6 Å². The number of ether oxygens (including phenoxy) is 2. The lowest BCUT2D eigenvalue weighted by atomic mass is 10.1. The topological polar surface area (TPSA) is 66.2 Å². The zero-order valence-corrected chi connectivity index (χ0v) is 18.6. The van der Waals surface area contributed by atoms with Gasteiger partial charge in [-0.1, -0.05) is 25.6 Å². The molecule has 1 aromatic heterocycles. The highest BCUT2D eigenvalue weighted by Crippen LogP contribution is 2.27. The molecule has 0 unspecified atom stereocenters. The summed E-state index contributed by atoms with van der Waals surface area (Å²) in [4.78, 5) is 12.6. The molecule has 0 bridgehead atoms. The molecule has 0 aliphatic carbocycles. The summed E-state index contributed by atoms with van der Waals surface area (Å²) in [7, 11) is 1.65. The van der Waals surface area contributed by atoms with Crippen molar-refractivity contribution in [3.8, 4) is 22.9 Å². The van der Waals surface area contributed by atoms with Crippen LogP contribution in [0.3, 0.4) is 0 Å². The van der Waals surface area contributed by atoms with E-state index >= 15 is 0 Å². The Balaban J connectivity index is 1.76. The van der Waals surface area contributed by atoms with E-state index in [0.29, 0.717) is 23.8 Å². The fraction of sp³-hybridized carbons (Fsp3) is 0.348. The van der Waals surface area contributed by atoms with Gasteiger partial charge in [0.05, 0.1) is 19.5 Å². The molecule has 7 heteroatoms. The first-order valence-electron chi connectivity index (χ1n) is 9.98. The Labute approximate surface area is 181 Å². The smallest absolute Gasteiger partial charge is 0.191 e. The molecule has 1 heterocycles. The van der Waals surface area contributed by atoms with E-state index in [1.54, 1.807) is 19.2 Å². The Morgan fingerprint density at radius 2 is 1.70 bits per heavy atom. The predicted molar refractivity (Wildman–Crippen MR) is 120 cm³/mol. The maximum atomic E-state index is 12.6. The fourth-order valence-corrected chi connectivity index (χ4v) is 3.84. The molecular weight excluding hydrogens is 398 g/mol. The number of Topliss-reactive ketones (excluding diaryl/α,β-unsaturated/α-hetero) is 1. The van der Waals surface area contributed by atoms with Crippen molar-refractivity contribution < 1.29 is 14.3 Å². The van der Waals surface area contributed by atoms with Crippen LogP contribution in [0.1, 0.15) is 31.1 Å². The van der Waals surface area contributed by atoms with E-state index in [9.17, 15) is 4.79 Å². The Morgan fingerprint density at radius 3 is 2.30 bits per heavy atom. The van der Waals surface area contributed by atoms with Gasteiger partial charge >= 0.3 is 0 Å². The molecule has 6 nitrogen and oxygen atoms in total. The molecule has 0 aliphatic rings. The monoisotopic (exact) mass is 425 g/mol. The Hall–Kier alpha value is -2.80. The number of carbonyl (C=O) groups is 1. The summed E-state index contributed by atoms with van der Waals surface area (Å²) in [5.41, 5.74) is 1.63. The number of ketones is 1. The van der Waals surface area contributed by atoms with Crippen LogP contribution >= 0.6 is 11.8 Å². The summed E-state index contributed by atoms with van der Waals surface area (Å²) >= 11 is 1.41. The Kier molecular flexibility index (Phi) is 7.52. The minimum atomic E-state index is 0.0492. The maximum absolute atomic E-state index is 12.6. The average Bonchev–Trinajstić information content (AvgIpc) is 3.14. The van der Waals surface area contributed by atoms with E-state index in [1.807, 2.05) is 43.3 Å². The van der Waals surface area contributed by atoms with Gasteiger partial charge in [-0.25, -0.2) is 0 Å². The van der Waals surface area contributed by atoms with Crippen molar-refractivity contribution in [2.45, 2.75) is 32.5 Å². The van der Waals surface area contributed by atoms with Crippen molar-refractivity contribution in [1.82, 2.24) is 14.8 Å². The zero-order valence-electron chi connectivity index (χ0n) is 17.8. The number of rotatable bonds is 10. The van der Waals surface area contributed by atoms with Crippen LogP contribution in [0.15, 0.2) is 53.7 Å². The van der Waals surface area contributed by atoms with Crippen LogP contribution in [0.4, 0.5) is 0 Å². The van der Waals surface area contributed by atoms with Crippen molar-refractivity contribution in [3.63, 3.8) is 0 Å². The maximum Gasteiger partial charge on any atom is 0.191 e. The van der Waals surface area contributed by atoms with Crippen LogP contribution in [0.5, 0.6) is 11.5 Å². The lowest BCUT2D eigenvalue weighted by Crippen LogP contribution is -2.09. The number of thioether (sulfide) groups is 1. The summed E-state index contributed by atoms with van der Waals surface area (Å²) in [5, 5.41) is 9.51. The third kappa shape index (κ3) is 5.42. The van der Waals surface area contributed by atoms with Crippen molar-refractivity contribution in [1.29, 1.82) is 0 Å². The van der Waals surface area contributed by atoms with Crippen LogP contribution in [-0.4, -0.2) is 40.0 Å². The number of hydrogen-bond donors (Lipinski definition) is 0. The van der Waals surface area contributed by atoms with Crippen LogP contribution in [-0.2, 0) is 6.54 Å². The van der Waals surface area contributed by atoms with Gasteiger partial charge in [-0.15, -0.1) is 10.2 Å². The summed E-state index contributed by atoms with van der Waals surface area (Å²) in [6.45, 7) is 7.61. The largest absolute Gasteiger partial charge is 0.497 e. The molecule has 0 fully saturated rings. The van der Waals surface area contributed by atoms with E-state index in [4.69, 9.17) is 9.47 Å². The quantitative estimate of drug-likeness (QED) is 0.337. The van der Waals surface area contributed by atoms with E-state index in [2.05, 4.69) is 28.6 Å². The second-order valence-corrected chi connectivity index (χ2v) is 8.15. The highest BCUT2D eigenvalue weighted by molar-refractivity contribution is 7.99. The number of benzene rings is 2. The first-order valence-corrected chi connectivity index (χ1v) is 11.0. The molecule has 0 N–H and O–H groups in total. The molecule has 3 rings (SSSR count). The SMILES string of the molecule is CCOc1ccc(C(=O)CSc2nnc(-c3ccc(OC)cc3)n2CC(C)C)cc1. The Morgan fingerprint density at radius 1 is 1.03 bits per heavy atom. The molecule has 3 aromatic rings. The van der Waals surface area contributed by atoms with Gasteiger partial charge in [0.15, 0.2) is 16.8 Å². The molecule has 0 saturated heterocycles. The second-order valence-electron chi connectivity index (χ2n) is 7.21. The molecule has 0 amide bonds. The van der Waals surface area contributed by atoms with Gasteiger partial charge in [-0.2, -0.15) is 0 Å². The molecule has 0 saturated carbocycles. The zero-order chi connectivity index (χ0) is 21.5. The van der Waals surface area contributed by atoms with Gasteiger partial charge in [0, 0.05) is 17.7 Å². The molecule has 2 aromatic carbocycles. The van der Waals surface area contributed by atoms with E-state index in [-0.39, 0.29) is 5.78 Å². The summed E-state index contributed by atoms with van der Waals surface area (Å²) in [6, 6.07) is 15.0. The van der Waals surface area contributed by atoms with Crippen molar-refractivity contribution in [2.24, 2.45) is 5.92 Å². The molecular formula is C23H27N3O3S. The first kappa shape index (κ1) is 21.9. The van der Waals surface area contributed by atoms with E-state index < -0.39 is 0 Å². The lowest BCUT2D eigenvalue weighted by molar-refractivity contribution is 0.102. The molecule has 158 valence electrons. The summed E-state index contributed by atoms with van der Waals surface area (Å²) in [6.07, 6.45) is 0. The highest BCUT2D eigenvalue weighted by atomic mass is 32.2. The third-order valence-corrected chi connectivity index (χ3v) is 5.40. The molecule has 0 aliphatic heterocycles. The van der Waals surface area contributed by atoms with Crippen LogP contribution in [0, 0.1) is 5.92 Å². The van der Waals surface area contributed by atoms with Gasteiger partial charge in [-0.3, -0.25) is 4.79 Å². The van der Waals surface area contributed by atoms with Crippen molar-refractivity contribution in [2.75, 3.05) is 19.5 Å². The minimum absolute atomic E-state index is 0.0492. The Bertz CT molecular complexity index is 966. The van der Waals surface area contributed by atoms with Gasteiger partial charge in [0.2, 0.25) is 0 Å². The number of aromatic nitrogens is 3.